The molecule has 0 bridgehead atoms. The van der Waals surface area contributed by atoms with E-state index < -0.39 is 29.0 Å². The summed E-state index contributed by atoms with van der Waals surface area (Å²) in [5, 5.41) is 13.7. The van der Waals surface area contributed by atoms with Crippen molar-refractivity contribution in [3.8, 4) is 0 Å². The van der Waals surface area contributed by atoms with Gasteiger partial charge in [0, 0.05) is 22.9 Å². The average molecular weight is 404 g/mol. The lowest BCUT2D eigenvalue weighted by Crippen LogP contribution is -2.15. The smallest absolute Gasteiger partial charge is 0.345 e. The van der Waals surface area contributed by atoms with Crippen molar-refractivity contribution in [3.05, 3.63) is 106 Å². The van der Waals surface area contributed by atoms with Gasteiger partial charge in [-0.05, 0) is 42.5 Å². The molecule has 0 heterocycles. The summed E-state index contributed by atoms with van der Waals surface area (Å²) in [6.45, 7) is -0.569. The lowest BCUT2D eigenvalue weighted by Gasteiger charge is -2.07. The van der Waals surface area contributed by atoms with Gasteiger partial charge in [-0.1, -0.05) is 30.3 Å². The Labute approximate surface area is 171 Å². The Morgan fingerprint density at radius 2 is 1.47 bits per heavy atom. The molecule has 8 heteroatoms. The quantitative estimate of drug-likeness (QED) is 0.276. The van der Waals surface area contributed by atoms with E-state index in [0.717, 1.165) is 0 Å². The van der Waals surface area contributed by atoms with E-state index in [9.17, 15) is 24.5 Å². The van der Waals surface area contributed by atoms with Gasteiger partial charge < -0.3 is 10.1 Å². The van der Waals surface area contributed by atoms with E-state index in [1.165, 1.54) is 36.4 Å². The first-order valence-electron chi connectivity index (χ1n) is 8.86. The Kier molecular flexibility index (Phi) is 6.29. The number of Topliss-reactive ketones (excluding diaryl/α,β-unsaturated/α-hetero) is 1. The van der Waals surface area contributed by atoms with E-state index in [1.54, 1.807) is 42.5 Å². The van der Waals surface area contributed by atoms with Crippen LogP contribution >= 0.6 is 0 Å². The van der Waals surface area contributed by atoms with E-state index >= 15 is 0 Å². The third kappa shape index (κ3) is 4.93. The molecule has 0 saturated heterocycles. The standard InChI is InChI=1S/C22H16N2O6/c25-20(14-30-22(27)18-8-4-5-9-19(18)24(28)29)15-10-12-17(13-11-15)23-21(26)16-6-2-1-3-7-16/h1-13H,14H2,(H,23,26). The van der Waals surface area contributed by atoms with Crippen molar-refractivity contribution < 1.29 is 24.0 Å². The third-order valence-corrected chi connectivity index (χ3v) is 4.16. The lowest BCUT2D eigenvalue weighted by atomic mass is 10.1. The molecule has 150 valence electrons. The molecular formula is C22H16N2O6. The summed E-state index contributed by atoms with van der Waals surface area (Å²) in [5.74, 6) is -1.72. The summed E-state index contributed by atoms with van der Waals surface area (Å²) in [4.78, 5) is 46.8. The van der Waals surface area contributed by atoms with Crippen LogP contribution in [0, 0.1) is 10.1 Å². The van der Waals surface area contributed by atoms with Crippen molar-refractivity contribution >= 4 is 29.0 Å². The number of anilines is 1. The highest BCUT2D eigenvalue weighted by atomic mass is 16.6. The van der Waals surface area contributed by atoms with Crippen molar-refractivity contribution in [1.29, 1.82) is 0 Å². The maximum Gasteiger partial charge on any atom is 0.345 e. The molecule has 30 heavy (non-hydrogen) atoms. The van der Waals surface area contributed by atoms with Crippen LogP contribution in [0.3, 0.4) is 0 Å². The predicted molar refractivity (Wildman–Crippen MR) is 109 cm³/mol. The van der Waals surface area contributed by atoms with Crippen molar-refractivity contribution in [3.63, 3.8) is 0 Å². The predicted octanol–water partition coefficient (Wildman–Crippen LogP) is 3.89. The first-order chi connectivity index (χ1) is 14.5. The average Bonchev–Trinajstić information content (AvgIpc) is 2.78. The van der Waals surface area contributed by atoms with Gasteiger partial charge in [0.1, 0.15) is 5.56 Å². The van der Waals surface area contributed by atoms with Crippen LogP contribution in [0.5, 0.6) is 0 Å². The number of carbonyl (C=O) groups is 3. The molecule has 0 aliphatic carbocycles. The van der Waals surface area contributed by atoms with Gasteiger partial charge in [-0.2, -0.15) is 0 Å². The molecule has 3 aromatic rings. The summed E-state index contributed by atoms with van der Waals surface area (Å²) < 4.78 is 4.93. The van der Waals surface area contributed by atoms with E-state index in [2.05, 4.69) is 5.32 Å². The number of amides is 1. The topological polar surface area (TPSA) is 116 Å². The first kappa shape index (κ1) is 20.4. The molecule has 0 unspecified atom stereocenters. The maximum absolute atomic E-state index is 12.3. The summed E-state index contributed by atoms with van der Waals surface area (Å²) in [5.41, 5.74) is 0.641. The second-order valence-corrected chi connectivity index (χ2v) is 6.17. The molecule has 3 rings (SSSR count). The van der Waals surface area contributed by atoms with Crippen LogP contribution in [0.4, 0.5) is 11.4 Å². The molecule has 0 radical (unpaired) electrons. The largest absolute Gasteiger partial charge is 0.454 e. The SMILES string of the molecule is O=C(COC(=O)c1ccccc1[N+](=O)[O-])c1ccc(NC(=O)c2ccccc2)cc1. The zero-order valence-electron chi connectivity index (χ0n) is 15.6. The first-order valence-corrected chi connectivity index (χ1v) is 8.86. The Bertz CT molecular complexity index is 1090. The van der Waals surface area contributed by atoms with Gasteiger partial charge in [0.25, 0.3) is 11.6 Å². The van der Waals surface area contributed by atoms with Crippen molar-refractivity contribution in [1.82, 2.24) is 0 Å². The number of esters is 1. The zero-order valence-corrected chi connectivity index (χ0v) is 15.6. The molecule has 3 aromatic carbocycles. The minimum atomic E-state index is -0.956. The lowest BCUT2D eigenvalue weighted by molar-refractivity contribution is -0.385. The molecule has 1 N–H and O–H groups in total. The van der Waals surface area contributed by atoms with Crippen LogP contribution in [0.2, 0.25) is 0 Å². The van der Waals surface area contributed by atoms with E-state index in [0.29, 0.717) is 11.3 Å². The molecule has 8 nitrogen and oxygen atoms in total. The minimum Gasteiger partial charge on any atom is -0.454 e. The molecule has 0 aromatic heterocycles. The fourth-order valence-electron chi connectivity index (χ4n) is 2.63. The van der Waals surface area contributed by atoms with Crippen LogP contribution < -0.4 is 5.32 Å². The highest BCUT2D eigenvalue weighted by molar-refractivity contribution is 6.05. The van der Waals surface area contributed by atoms with Crippen molar-refractivity contribution in [2.24, 2.45) is 0 Å². The van der Waals surface area contributed by atoms with E-state index in [-0.39, 0.29) is 17.0 Å². The van der Waals surface area contributed by atoms with Crippen LogP contribution in [0.25, 0.3) is 0 Å². The van der Waals surface area contributed by atoms with Crippen molar-refractivity contribution in [2.75, 3.05) is 11.9 Å². The number of carbonyl (C=O) groups excluding carboxylic acids is 3. The Morgan fingerprint density at radius 3 is 2.13 bits per heavy atom. The van der Waals surface area contributed by atoms with Crippen LogP contribution in [-0.2, 0) is 4.74 Å². The van der Waals surface area contributed by atoms with E-state index in [1.807, 2.05) is 0 Å². The normalized spacial score (nSPS) is 10.1. The summed E-state index contributed by atoms with van der Waals surface area (Å²) in [7, 11) is 0. The van der Waals surface area contributed by atoms with Gasteiger partial charge >= 0.3 is 5.97 Å². The fourth-order valence-corrected chi connectivity index (χ4v) is 2.63. The van der Waals surface area contributed by atoms with Crippen LogP contribution in [0.15, 0.2) is 78.9 Å². The number of rotatable bonds is 7. The maximum atomic E-state index is 12.3. The second kappa shape index (κ2) is 9.24. The number of hydrogen-bond acceptors (Lipinski definition) is 6. The minimum absolute atomic E-state index is 0.228. The highest BCUT2D eigenvalue weighted by Gasteiger charge is 2.21. The molecule has 0 aliphatic rings. The Hall–Kier alpha value is -4.33. The van der Waals surface area contributed by atoms with Gasteiger partial charge in [-0.15, -0.1) is 0 Å². The molecule has 0 spiro atoms. The number of benzene rings is 3. The zero-order chi connectivity index (χ0) is 21.5. The number of nitro benzene ring substituents is 1. The summed E-state index contributed by atoms with van der Waals surface area (Å²) in [6.07, 6.45) is 0. The van der Waals surface area contributed by atoms with Crippen LogP contribution in [-0.4, -0.2) is 29.2 Å². The number of ether oxygens (including phenoxy) is 1. The van der Waals surface area contributed by atoms with Crippen LogP contribution in [0.1, 0.15) is 31.1 Å². The van der Waals surface area contributed by atoms with Crippen molar-refractivity contribution in [2.45, 2.75) is 0 Å². The van der Waals surface area contributed by atoms with E-state index in [4.69, 9.17) is 4.74 Å². The second-order valence-electron chi connectivity index (χ2n) is 6.17. The fraction of sp³-hybridized carbons (Fsp3) is 0.0455. The molecule has 0 atom stereocenters. The molecule has 0 aliphatic heterocycles. The number of hydrogen-bond donors (Lipinski definition) is 1. The number of nitrogens with one attached hydrogen (secondary N) is 1. The number of ketones is 1. The van der Waals surface area contributed by atoms with Gasteiger partial charge in [-0.3, -0.25) is 19.7 Å². The molecule has 0 saturated carbocycles. The highest BCUT2D eigenvalue weighted by Crippen LogP contribution is 2.19. The number of para-hydroxylation sites is 1. The summed E-state index contributed by atoms with van der Waals surface area (Å²) in [6, 6.07) is 20.1. The Morgan fingerprint density at radius 1 is 0.833 bits per heavy atom. The molecule has 1 amide bonds. The monoisotopic (exact) mass is 404 g/mol. The van der Waals surface area contributed by atoms with Gasteiger partial charge in [-0.25, -0.2) is 4.79 Å². The number of nitro groups is 1. The molecule has 0 fully saturated rings. The third-order valence-electron chi connectivity index (χ3n) is 4.16. The number of nitrogens with zero attached hydrogens (tertiary/aromatic N) is 1. The summed E-state index contributed by atoms with van der Waals surface area (Å²) >= 11 is 0. The van der Waals surface area contributed by atoms with Gasteiger partial charge in [0.05, 0.1) is 4.92 Å². The Balaban J connectivity index is 1.59. The molecular weight excluding hydrogens is 388 g/mol. The van der Waals surface area contributed by atoms with Gasteiger partial charge in [0.15, 0.2) is 12.4 Å². The van der Waals surface area contributed by atoms with Gasteiger partial charge in [0.2, 0.25) is 0 Å².